The highest BCUT2D eigenvalue weighted by Crippen LogP contribution is 2.31. The largest absolute Gasteiger partial charge is 0.380 e. The molecular formula is C12H16ClNO2S2. The number of anilines is 1. The van der Waals surface area contributed by atoms with Gasteiger partial charge in [0.15, 0.2) is 9.84 Å². The second-order valence-electron chi connectivity index (χ2n) is 4.68. The molecule has 1 aromatic carbocycles. The van der Waals surface area contributed by atoms with Crippen LogP contribution >= 0.6 is 23.4 Å². The van der Waals surface area contributed by atoms with E-state index in [2.05, 4.69) is 12.2 Å². The van der Waals surface area contributed by atoms with Gasteiger partial charge in [0.05, 0.1) is 15.6 Å². The zero-order valence-corrected chi connectivity index (χ0v) is 12.7. The molecule has 1 aliphatic heterocycles. The lowest BCUT2D eigenvalue weighted by molar-refractivity contribution is 0.598. The maximum Gasteiger partial charge on any atom is 0.175 e. The first-order valence-electron chi connectivity index (χ1n) is 5.72. The maximum absolute atomic E-state index is 11.5. The predicted molar refractivity (Wildman–Crippen MR) is 78.5 cm³/mol. The van der Waals surface area contributed by atoms with E-state index in [1.54, 1.807) is 12.1 Å². The molecule has 1 saturated heterocycles. The van der Waals surface area contributed by atoms with Gasteiger partial charge in [0.25, 0.3) is 0 Å². The van der Waals surface area contributed by atoms with Gasteiger partial charge in [-0.15, -0.1) is 0 Å². The van der Waals surface area contributed by atoms with Gasteiger partial charge in [0, 0.05) is 18.1 Å². The Balaban J connectivity index is 2.27. The second-order valence-corrected chi connectivity index (χ2v) is 8.18. The summed E-state index contributed by atoms with van der Waals surface area (Å²) in [5.41, 5.74) is 0.707. The Labute approximate surface area is 117 Å². The normalized spacial score (nSPS) is 24.2. The fourth-order valence-electron chi connectivity index (χ4n) is 1.89. The minimum atomic E-state index is -3.19. The molecule has 2 rings (SSSR count). The van der Waals surface area contributed by atoms with Crippen LogP contribution in [-0.2, 0) is 9.84 Å². The fourth-order valence-corrected chi connectivity index (χ4v) is 4.12. The van der Waals surface area contributed by atoms with Crippen molar-refractivity contribution in [3.8, 4) is 0 Å². The number of rotatable bonds is 3. The Kier molecular flexibility index (Phi) is 4.14. The molecule has 1 N–H and O–H groups in total. The van der Waals surface area contributed by atoms with Gasteiger partial charge in [-0.2, -0.15) is 11.8 Å². The van der Waals surface area contributed by atoms with Gasteiger partial charge in [-0.3, -0.25) is 0 Å². The highest BCUT2D eigenvalue weighted by atomic mass is 35.5. The molecule has 18 heavy (non-hydrogen) atoms. The van der Waals surface area contributed by atoms with E-state index < -0.39 is 9.84 Å². The van der Waals surface area contributed by atoms with Gasteiger partial charge in [-0.25, -0.2) is 8.42 Å². The zero-order chi connectivity index (χ0) is 13.3. The summed E-state index contributed by atoms with van der Waals surface area (Å²) >= 11 is 8.01. The molecule has 6 heteroatoms. The number of nitrogens with one attached hydrogen (secondary N) is 1. The zero-order valence-electron chi connectivity index (χ0n) is 10.3. The van der Waals surface area contributed by atoms with Crippen LogP contribution in [0.5, 0.6) is 0 Å². The fraction of sp³-hybridized carbons (Fsp3) is 0.500. The van der Waals surface area contributed by atoms with Crippen LogP contribution in [0.1, 0.15) is 6.92 Å². The lowest BCUT2D eigenvalue weighted by atomic mass is 10.1. The summed E-state index contributed by atoms with van der Waals surface area (Å²) in [6, 6.07) is 5.14. The Hall–Kier alpha value is -0.390. The summed E-state index contributed by atoms with van der Waals surface area (Å²) in [7, 11) is -3.19. The van der Waals surface area contributed by atoms with E-state index in [0.717, 1.165) is 11.5 Å². The molecular weight excluding hydrogens is 290 g/mol. The molecule has 0 amide bonds. The third-order valence-corrected chi connectivity index (χ3v) is 5.87. The number of hydrogen-bond donors (Lipinski definition) is 1. The average Bonchev–Trinajstić information content (AvgIpc) is 2.66. The number of benzene rings is 1. The maximum atomic E-state index is 11.5. The molecule has 0 aromatic heterocycles. The van der Waals surface area contributed by atoms with Crippen molar-refractivity contribution in [2.75, 3.05) is 23.1 Å². The Bertz CT molecular complexity index is 545. The first-order valence-corrected chi connectivity index (χ1v) is 9.14. The smallest absolute Gasteiger partial charge is 0.175 e. The van der Waals surface area contributed by atoms with E-state index in [-0.39, 0.29) is 0 Å². The van der Waals surface area contributed by atoms with Crippen LogP contribution in [0.15, 0.2) is 23.1 Å². The molecule has 1 aromatic rings. The molecule has 0 bridgehead atoms. The third kappa shape index (κ3) is 3.13. The molecule has 1 aliphatic rings. The van der Waals surface area contributed by atoms with Gasteiger partial charge in [0.1, 0.15) is 0 Å². The first kappa shape index (κ1) is 14.0. The van der Waals surface area contributed by atoms with Gasteiger partial charge < -0.3 is 5.32 Å². The van der Waals surface area contributed by atoms with Crippen LogP contribution < -0.4 is 5.32 Å². The van der Waals surface area contributed by atoms with Crippen LogP contribution in [0.2, 0.25) is 5.02 Å². The minimum Gasteiger partial charge on any atom is -0.380 e. The monoisotopic (exact) mass is 305 g/mol. The van der Waals surface area contributed by atoms with E-state index in [4.69, 9.17) is 11.6 Å². The lowest BCUT2D eigenvalue weighted by Gasteiger charge is -2.19. The lowest BCUT2D eigenvalue weighted by Crippen LogP contribution is -2.25. The summed E-state index contributed by atoms with van der Waals surface area (Å²) in [6.45, 7) is 2.19. The Morgan fingerprint density at radius 1 is 1.39 bits per heavy atom. The molecule has 0 spiro atoms. The van der Waals surface area contributed by atoms with Crippen LogP contribution in [0.25, 0.3) is 0 Å². The van der Waals surface area contributed by atoms with Crippen LogP contribution in [0.3, 0.4) is 0 Å². The quantitative estimate of drug-likeness (QED) is 0.933. The van der Waals surface area contributed by atoms with Crippen molar-refractivity contribution in [3.05, 3.63) is 23.2 Å². The predicted octanol–water partition coefficient (Wildman–Crippen LogP) is 2.91. The van der Waals surface area contributed by atoms with E-state index in [1.165, 1.54) is 12.3 Å². The van der Waals surface area contributed by atoms with Crippen LogP contribution in [-0.4, -0.2) is 32.2 Å². The minimum absolute atomic E-state index is 0.299. The number of thioether (sulfide) groups is 1. The summed E-state index contributed by atoms with van der Waals surface area (Å²) in [5, 5.41) is 3.92. The van der Waals surface area contributed by atoms with Crippen molar-refractivity contribution >= 4 is 38.9 Å². The molecule has 0 aliphatic carbocycles. The topological polar surface area (TPSA) is 46.2 Å². The molecule has 1 fully saturated rings. The number of hydrogen-bond acceptors (Lipinski definition) is 4. The van der Waals surface area contributed by atoms with Crippen LogP contribution in [0, 0.1) is 5.92 Å². The van der Waals surface area contributed by atoms with Gasteiger partial charge in [-0.1, -0.05) is 18.5 Å². The summed E-state index contributed by atoms with van der Waals surface area (Å²) in [5.74, 6) is 2.72. The molecule has 0 saturated carbocycles. The van der Waals surface area contributed by atoms with Crippen molar-refractivity contribution in [1.29, 1.82) is 0 Å². The SMILES string of the molecule is CC1CSCC1Nc1cc(S(C)(=O)=O)ccc1Cl. The standard InChI is InChI=1S/C12H16ClNO2S2/c1-8-6-17-7-12(8)14-11-5-9(18(2,15)16)3-4-10(11)13/h3-5,8,12,14H,6-7H2,1-2H3. The first-order chi connectivity index (χ1) is 8.38. The van der Waals surface area contributed by atoms with Gasteiger partial charge in [0.2, 0.25) is 0 Å². The highest BCUT2D eigenvalue weighted by Gasteiger charge is 2.24. The van der Waals surface area contributed by atoms with Crippen molar-refractivity contribution in [2.24, 2.45) is 5.92 Å². The molecule has 2 unspecified atom stereocenters. The number of sulfone groups is 1. The Morgan fingerprint density at radius 3 is 2.67 bits per heavy atom. The molecule has 100 valence electrons. The summed E-state index contributed by atoms with van der Waals surface area (Å²) in [6.07, 6.45) is 1.20. The highest BCUT2D eigenvalue weighted by molar-refractivity contribution is 7.99. The molecule has 1 heterocycles. The third-order valence-electron chi connectivity index (χ3n) is 3.07. The summed E-state index contributed by atoms with van der Waals surface area (Å²) < 4.78 is 23.0. The summed E-state index contributed by atoms with van der Waals surface area (Å²) in [4.78, 5) is 0.299. The number of halogens is 1. The molecule has 2 atom stereocenters. The van der Waals surface area contributed by atoms with Gasteiger partial charge in [-0.05, 0) is 29.9 Å². The van der Waals surface area contributed by atoms with E-state index in [0.29, 0.717) is 27.6 Å². The van der Waals surface area contributed by atoms with Crippen molar-refractivity contribution in [1.82, 2.24) is 0 Å². The Morgan fingerprint density at radius 2 is 2.11 bits per heavy atom. The van der Waals surface area contributed by atoms with Crippen molar-refractivity contribution in [3.63, 3.8) is 0 Å². The van der Waals surface area contributed by atoms with Crippen LogP contribution in [0.4, 0.5) is 5.69 Å². The van der Waals surface area contributed by atoms with E-state index >= 15 is 0 Å². The van der Waals surface area contributed by atoms with E-state index in [1.807, 2.05) is 11.8 Å². The van der Waals surface area contributed by atoms with Crippen molar-refractivity contribution in [2.45, 2.75) is 17.9 Å². The average molecular weight is 306 g/mol. The second kappa shape index (κ2) is 5.31. The van der Waals surface area contributed by atoms with E-state index in [9.17, 15) is 8.42 Å². The molecule has 3 nitrogen and oxygen atoms in total. The van der Waals surface area contributed by atoms with Gasteiger partial charge >= 0.3 is 0 Å². The molecule has 0 radical (unpaired) electrons. The van der Waals surface area contributed by atoms with Crippen molar-refractivity contribution < 1.29 is 8.42 Å².